The van der Waals surface area contributed by atoms with Gasteiger partial charge in [-0.2, -0.15) is 0 Å². The fraction of sp³-hybridized carbons (Fsp3) is 0.333. The fourth-order valence-electron chi connectivity index (χ4n) is 1.73. The molecule has 0 radical (unpaired) electrons. The maximum absolute atomic E-state index is 11.7. The maximum Gasteiger partial charge on any atom is 0.332 e. The average molecular weight is 308 g/mol. The normalized spacial score (nSPS) is 10.8. The van der Waals surface area contributed by atoms with Gasteiger partial charge in [-0.25, -0.2) is 4.79 Å². The minimum atomic E-state index is -0.559. The smallest absolute Gasteiger partial charge is 0.332 e. The van der Waals surface area contributed by atoms with E-state index in [0.29, 0.717) is 22.8 Å². The van der Waals surface area contributed by atoms with Crippen LogP contribution in [0.3, 0.4) is 0 Å². The van der Waals surface area contributed by atoms with Crippen molar-refractivity contribution in [2.24, 2.45) is 5.73 Å². The second-order valence-corrected chi connectivity index (χ2v) is 4.20. The van der Waals surface area contributed by atoms with E-state index in [1.54, 1.807) is 25.1 Å². The molecule has 0 atom stereocenters. The highest BCUT2D eigenvalue weighted by atomic mass is 16.5. The highest BCUT2D eigenvalue weighted by molar-refractivity contribution is 5.92. The zero-order valence-corrected chi connectivity index (χ0v) is 12.8. The largest absolute Gasteiger partial charge is 0.497 e. The first kappa shape index (κ1) is 17.4. The lowest BCUT2D eigenvalue weighted by Gasteiger charge is -2.15. The van der Waals surface area contributed by atoms with Gasteiger partial charge in [0.1, 0.15) is 11.5 Å². The summed E-state index contributed by atoms with van der Waals surface area (Å²) in [5.41, 5.74) is 6.04. The van der Waals surface area contributed by atoms with Crippen LogP contribution in [0, 0.1) is 0 Å². The fourth-order valence-corrected chi connectivity index (χ4v) is 1.73. The van der Waals surface area contributed by atoms with Gasteiger partial charge in [0.25, 0.3) is 0 Å². The molecule has 0 spiro atoms. The van der Waals surface area contributed by atoms with Crippen molar-refractivity contribution in [2.75, 3.05) is 27.4 Å². The van der Waals surface area contributed by atoms with E-state index in [4.69, 9.17) is 19.9 Å². The highest BCUT2D eigenvalue weighted by Crippen LogP contribution is 2.28. The van der Waals surface area contributed by atoms with Gasteiger partial charge < -0.3 is 25.3 Å². The molecule has 0 unspecified atom stereocenters. The molecule has 3 N–H and O–H groups in total. The number of hydrogen-bond donors (Lipinski definition) is 2. The molecule has 7 nitrogen and oxygen atoms in total. The van der Waals surface area contributed by atoms with Gasteiger partial charge in [0, 0.05) is 11.6 Å². The molecule has 0 fully saturated rings. The van der Waals surface area contributed by atoms with Crippen LogP contribution in [0.2, 0.25) is 0 Å². The lowest BCUT2D eigenvalue weighted by atomic mass is 10.1. The molecule has 1 aromatic carbocycles. The van der Waals surface area contributed by atoms with Crippen LogP contribution in [0.25, 0.3) is 5.70 Å². The van der Waals surface area contributed by atoms with E-state index in [0.717, 1.165) is 0 Å². The van der Waals surface area contributed by atoms with Crippen LogP contribution in [0.5, 0.6) is 11.5 Å². The number of rotatable bonds is 8. The topological polar surface area (TPSA) is 99.9 Å². The lowest BCUT2D eigenvalue weighted by molar-refractivity contribution is -0.137. The second kappa shape index (κ2) is 8.56. The first-order chi connectivity index (χ1) is 10.5. The van der Waals surface area contributed by atoms with E-state index in [9.17, 15) is 9.59 Å². The number of ether oxygens (including phenoxy) is 3. The van der Waals surface area contributed by atoms with Crippen molar-refractivity contribution in [3.8, 4) is 11.5 Å². The summed E-state index contributed by atoms with van der Waals surface area (Å²) in [6, 6.07) is 5.09. The first-order valence-electron chi connectivity index (χ1n) is 6.64. The van der Waals surface area contributed by atoms with Crippen molar-refractivity contribution in [2.45, 2.75) is 6.92 Å². The van der Waals surface area contributed by atoms with Crippen molar-refractivity contribution in [1.29, 1.82) is 0 Å². The van der Waals surface area contributed by atoms with E-state index in [-0.39, 0.29) is 13.2 Å². The molecule has 1 amide bonds. The van der Waals surface area contributed by atoms with Crippen LogP contribution in [0.4, 0.5) is 0 Å². The Kier molecular flexibility index (Phi) is 6.75. The van der Waals surface area contributed by atoms with E-state index >= 15 is 0 Å². The Labute approximate surface area is 129 Å². The number of carbonyl (C=O) groups is 2. The van der Waals surface area contributed by atoms with Crippen LogP contribution in [0.1, 0.15) is 12.5 Å². The van der Waals surface area contributed by atoms with Gasteiger partial charge in [-0.1, -0.05) is 0 Å². The minimum Gasteiger partial charge on any atom is -0.497 e. The summed E-state index contributed by atoms with van der Waals surface area (Å²) in [4.78, 5) is 22.7. The molecule has 0 aromatic heterocycles. The molecule has 22 heavy (non-hydrogen) atoms. The number of carbonyl (C=O) groups excluding carboxylic acids is 2. The third-order valence-corrected chi connectivity index (χ3v) is 2.70. The number of esters is 1. The van der Waals surface area contributed by atoms with Gasteiger partial charge in [0.15, 0.2) is 0 Å². The monoisotopic (exact) mass is 308 g/mol. The summed E-state index contributed by atoms with van der Waals surface area (Å²) in [5.74, 6) is -0.0179. The summed E-state index contributed by atoms with van der Waals surface area (Å²) in [6.07, 6.45) is 1.24. The van der Waals surface area contributed by atoms with Crippen molar-refractivity contribution < 1.29 is 23.8 Å². The zero-order chi connectivity index (χ0) is 16.5. The number of methoxy groups -OCH3 is 2. The summed E-state index contributed by atoms with van der Waals surface area (Å²) >= 11 is 0. The summed E-state index contributed by atoms with van der Waals surface area (Å²) in [7, 11) is 3.03. The first-order valence-corrected chi connectivity index (χ1v) is 6.64. The second-order valence-electron chi connectivity index (χ2n) is 4.20. The molecule has 1 rings (SSSR count). The van der Waals surface area contributed by atoms with E-state index in [2.05, 4.69) is 5.32 Å². The van der Waals surface area contributed by atoms with Gasteiger partial charge in [-0.15, -0.1) is 0 Å². The molecular formula is C15H20N2O5. The lowest BCUT2D eigenvalue weighted by Crippen LogP contribution is -2.28. The minimum absolute atomic E-state index is 0.133. The quantitative estimate of drug-likeness (QED) is 0.541. The predicted molar refractivity (Wildman–Crippen MR) is 81.4 cm³/mol. The van der Waals surface area contributed by atoms with E-state index in [1.807, 2.05) is 0 Å². The SMILES string of the molecule is CCOC(=O)/C=C(\NCC(N)=O)c1cc(OC)ccc1OC. The Morgan fingerprint density at radius 3 is 2.55 bits per heavy atom. The Hall–Kier alpha value is -2.70. The summed E-state index contributed by atoms with van der Waals surface area (Å²) in [6.45, 7) is 1.81. The standard InChI is InChI=1S/C15H20N2O5/c1-4-22-15(19)8-12(17-9-14(16)18)11-7-10(20-2)5-6-13(11)21-3/h5-8,17H,4,9H2,1-3H3,(H2,16,18)/b12-8-. The third-order valence-electron chi connectivity index (χ3n) is 2.70. The number of hydrogen-bond acceptors (Lipinski definition) is 6. The molecule has 1 aromatic rings. The number of nitrogens with one attached hydrogen (secondary N) is 1. The maximum atomic E-state index is 11.7. The Balaban J connectivity index is 3.24. The van der Waals surface area contributed by atoms with Crippen LogP contribution >= 0.6 is 0 Å². The van der Waals surface area contributed by atoms with Crippen molar-refractivity contribution >= 4 is 17.6 Å². The molecule has 0 saturated carbocycles. The van der Waals surface area contributed by atoms with E-state index in [1.165, 1.54) is 20.3 Å². The van der Waals surface area contributed by atoms with Crippen molar-refractivity contribution in [1.82, 2.24) is 5.32 Å². The van der Waals surface area contributed by atoms with Crippen LogP contribution in [-0.2, 0) is 14.3 Å². The molecule has 0 aliphatic rings. The number of amides is 1. The van der Waals surface area contributed by atoms with Gasteiger partial charge in [0.05, 0.1) is 33.1 Å². The number of primary amides is 1. The van der Waals surface area contributed by atoms with Crippen LogP contribution < -0.4 is 20.5 Å². The molecule has 0 heterocycles. The molecule has 0 aliphatic carbocycles. The number of benzene rings is 1. The average Bonchev–Trinajstić information content (AvgIpc) is 2.50. The Morgan fingerprint density at radius 1 is 1.27 bits per heavy atom. The van der Waals surface area contributed by atoms with Gasteiger partial charge >= 0.3 is 5.97 Å². The zero-order valence-electron chi connectivity index (χ0n) is 12.8. The third kappa shape index (κ3) is 5.01. The summed E-state index contributed by atoms with van der Waals surface area (Å²) < 4.78 is 15.3. The molecular weight excluding hydrogens is 288 g/mol. The molecule has 0 saturated heterocycles. The van der Waals surface area contributed by atoms with Crippen LogP contribution in [-0.4, -0.2) is 39.2 Å². The molecule has 120 valence electrons. The highest BCUT2D eigenvalue weighted by Gasteiger charge is 2.13. The van der Waals surface area contributed by atoms with Crippen LogP contribution in [0.15, 0.2) is 24.3 Å². The van der Waals surface area contributed by atoms with Gasteiger partial charge in [-0.05, 0) is 25.1 Å². The molecule has 7 heteroatoms. The van der Waals surface area contributed by atoms with Gasteiger partial charge in [-0.3, -0.25) is 4.79 Å². The summed E-state index contributed by atoms with van der Waals surface area (Å²) in [5, 5.41) is 2.80. The van der Waals surface area contributed by atoms with Gasteiger partial charge in [0.2, 0.25) is 5.91 Å². The Bertz CT molecular complexity index is 569. The number of nitrogens with two attached hydrogens (primary N) is 1. The van der Waals surface area contributed by atoms with Crippen molar-refractivity contribution in [3.63, 3.8) is 0 Å². The van der Waals surface area contributed by atoms with Crippen molar-refractivity contribution in [3.05, 3.63) is 29.8 Å². The Morgan fingerprint density at radius 2 is 2.00 bits per heavy atom. The van der Waals surface area contributed by atoms with E-state index < -0.39 is 11.9 Å². The molecule has 0 aliphatic heterocycles. The molecule has 0 bridgehead atoms. The predicted octanol–water partition coefficient (Wildman–Crippen LogP) is 0.683.